The normalized spacial score (nSPS) is 22.0. The number of hydrogen-bond acceptors (Lipinski definition) is 1. The molecule has 1 aliphatic rings. The predicted molar refractivity (Wildman–Crippen MR) is 40.6 cm³/mol. The van der Waals surface area contributed by atoms with Crippen molar-refractivity contribution < 1.29 is 4.79 Å². The highest BCUT2D eigenvalue weighted by atomic mass is 16.1. The standard InChI is InChI=1S/C8H15NO/c1-3-7(2)8-4-9(5-8)6-10/h6-8H,3-5H2,1-2H3. The Morgan fingerprint density at radius 1 is 1.70 bits per heavy atom. The summed E-state index contributed by atoms with van der Waals surface area (Å²) in [7, 11) is 0. The summed E-state index contributed by atoms with van der Waals surface area (Å²) in [6.07, 6.45) is 2.18. The summed E-state index contributed by atoms with van der Waals surface area (Å²) < 4.78 is 0. The molecule has 1 saturated heterocycles. The molecule has 0 aromatic carbocycles. The fraction of sp³-hybridized carbons (Fsp3) is 0.875. The van der Waals surface area contributed by atoms with Crippen LogP contribution in [-0.4, -0.2) is 24.4 Å². The van der Waals surface area contributed by atoms with Crippen LogP contribution in [0.15, 0.2) is 0 Å². The van der Waals surface area contributed by atoms with Gasteiger partial charge in [0.05, 0.1) is 0 Å². The van der Waals surface area contributed by atoms with Crippen LogP contribution in [0.1, 0.15) is 20.3 Å². The number of hydrogen-bond donors (Lipinski definition) is 0. The molecule has 0 aromatic rings. The summed E-state index contributed by atoms with van der Waals surface area (Å²) in [5.41, 5.74) is 0. The molecule has 0 aromatic heterocycles. The molecular formula is C8H15NO. The van der Waals surface area contributed by atoms with Gasteiger partial charge in [-0.2, -0.15) is 0 Å². The summed E-state index contributed by atoms with van der Waals surface area (Å²) in [5.74, 6) is 1.56. The fourth-order valence-electron chi connectivity index (χ4n) is 1.33. The van der Waals surface area contributed by atoms with Gasteiger partial charge in [0, 0.05) is 13.1 Å². The highest BCUT2D eigenvalue weighted by Gasteiger charge is 2.28. The van der Waals surface area contributed by atoms with Gasteiger partial charge in [-0.25, -0.2) is 0 Å². The van der Waals surface area contributed by atoms with E-state index < -0.39 is 0 Å². The molecule has 1 fully saturated rings. The van der Waals surface area contributed by atoms with Gasteiger partial charge in [0.1, 0.15) is 0 Å². The van der Waals surface area contributed by atoms with Gasteiger partial charge in [-0.1, -0.05) is 20.3 Å². The van der Waals surface area contributed by atoms with Crippen molar-refractivity contribution in [1.82, 2.24) is 4.90 Å². The Hall–Kier alpha value is -0.530. The molecule has 2 heteroatoms. The van der Waals surface area contributed by atoms with Gasteiger partial charge in [0.2, 0.25) is 6.41 Å². The van der Waals surface area contributed by atoms with Crippen LogP contribution in [0.25, 0.3) is 0 Å². The average Bonchev–Trinajstić information content (AvgIpc) is 1.85. The van der Waals surface area contributed by atoms with Crippen LogP contribution in [0.4, 0.5) is 0 Å². The van der Waals surface area contributed by atoms with Crippen molar-refractivity contribution in [2.75, 3.05) is 13.1 Å². The minimum Gasteiger partial charge on any atom is -0.345 e. The molecule has 0 spiro atoms. The van der Waals surface area contributed by atoms with Crippen LogP contribution >= 0.6 is 0 Å². The number of rotatable bonds is 3. The molecule has 1 unspecified atom stereocenters. The predicted octanol–water partition coefficient (Wildman–Crippen LogP) is 1.12. The van der Waals surface area contributed by atoms with Crippen LogP contribution in [0.5, 0.6) is 0 Å². The molecule has 1 aliphatic heterocycles. The van der Waals surface area contributed by atoms with Crippen LogP contribution in [0.3, 0.4) is 0 Å². The summed E-state index contributed by atoms with van der Waals surface area (Å²) in [4.78, 5) is 12.0. The Morgan fingerprint density at radius 3 is 2.70 bits per heavy atom. The van der Waals surface area contributed by atoms with Gasteiger partial charge in [0.25, 0.3) is 0 Å². The third kappa shape index (κ3) is 1.31. The molecule has 0 aliphatic carbocycles. The van der Waals surface area contributed by atoms with Crippen molar-refractivity contribution in [2.24, 2.45) is 11.8 Å². The molecule has 10 heavy (non-hydrogen) atoms. The minimum absolute atomic E-state index is 0.773. The zero-order chi connectivity index (χ0) is 7.56. The number of carbonyl (C=O) groups excluding carboxylic acids is 1. The lowest BCUT2D eigenvalue weighted by Crippen LogP contribution is -2.48. The number of likely N-dealkylation sites (tertiary alicyclic amines) is 1. The van der Waals surface area contributed by atoms with E-state index >= 15 is 0 Å². The van der Waals surface area contributed by atoms with Gasteiger partial charge in [-0.05, 0) is 11.8 Å². The maximum Gasteiger partial charge on any atom is 0.209 e. The first-order valence-electron chi connectivity index (χ1n) is 3.97. The van der Waals surface area contributed by atoms with Crippen LogP contribution in [0, 0.1) is 11.8 Å². The third-order valence-corrected chi connectivity index (χ3v) is 2.54. The summed E-state index contributed by atoms with van der Waals surface area (Å²) in [5, 5.41) is 0. The SMILES string of the molecule is CCC(C)C1CN(C=O)C1. The van der Waals surface area contributed by atoms with E-state index in [1.165, 1.54) is 6.42 Å². The van der Waals surface area contributed by atoms with E-state index in [0.717, 1.165) is 31.3 Å². The van der Waals surface area contributed by atoms with Gasteiger partial charge < -0.3 is 4.90 Å². The van der Waals surface area contributed by atoms with Gasteiger partial charge in [-0.3, -0.25) is 4.79 Å². The molecule has 1 heterocycles. The van der Waals surface area contributed by atoms with Gasteiger partial charge in [-0.15, -0.1) is 0 Å². The van der Waals surface area contributed by atoms with E-state index in [0.29, 0.717) is 0 Å². The second kappa shape index (κ2) is 3.04. The monoisotopic (exact) mass is 141 g/mol. The zero-order valence-electron chi connectivity index (χ0n) is 6.71. The lowest BCUT2D eigenvalue weighted by atomic mass is 9.86. The van der Waals surface area contributed by atoms with E-state index in [1.807, 2.05) is 4.90 Å². The van der Waals surface area contributed by atoms with E-state index in [1.54, 1.807) is 0 Å². The molecule has 1 rings (SSSR count). The van der Waals surface area contributed by atoms with Crippen LogP contribution in [0.2, 0.25) is 0 Å². The Kier molecular flexibility index (Phi) is 2.30. The third-order valence-electron chi connectivity index (χ3n) is 2.54. The lowest BCUT2D eigenvalue weighted by Gasteiger charge is -2.39. The maximum atomic E-state index is 10.2. The molecule has 0 radical (unpaired) electrons. The second-order valence-corrected chi connectivity index (χ2v) is 3.20. The molecule has 2 nitrogen and oxygen atoms in total. The van der Waals surface area contributed by atoms with E-state index in [2.05, 4.69) is 13.8 Å². The van der Waals surface area contributed by atoms with Gasteiger partial charge in [0.15, 0.2) is 0 Å². The molecule has 1 amide bonds. The first kappa shape index (κ1) is 7.58. The first-order chi connectivity index (χ1) is 4.77. The number of amides is 1. The molecule has 0 saturated carbocycles. The molecule has 58 valence electrons. The largest absolute Gasteiger partial charge is 0.345 e. The van der Waals surface area contributed by atoms with Crippen molar-refractivity contribution in [1.29, 1.82) is 0 Å². The minimum atomic E-state index is 0.773. The van der Waals surface area contributed by atoms with Crippen LogP contribution < -0.4 is 0 Å². The van der Waals surface area contributed by atoms with E-state index in [9.17, 15) is 4.79 Å². The quantitative estimate of drug-likeness (QED) is 0.539. The Balaban J connectivity index is 2.18. The highest BCUT2D eigenvalue weighted by molar-refractivity contribution is 5.48. The smallest absolute Gasteiger partial charge is 0.209 e. The molecule has 0 N–H and O–H groups in total. The van der Waals surface area contributed by atoms with E-state index in [4.69, 9.17) is 0 Å². The first-order valence-corrected chi connectivity index (χ1v) is 3.97. The van der Waals surface area contributed by atoms with Crippen molar-refractivity contribution in [2.45, 2.75) is 20.3 Å². The summed E-state index contributed by atoms with van der Waals surface area (Å²) in [6, 6.07) is 0. The van der Waals surface area contributed by atoms with Crippen LogP contribution in [-0.2, 0) is 4.79 Å². The Labute approximate surface area is 62.2 Å². The average molecular weight is 141 g/mol. The fourth-order valence-corrected chi connectivity index (χ4v) is 1.33. The van der Waals surface area contributed by atoms with Crippen molar-refractivity contribution in [3.63, 3.8) is 0 Å². The highest BCUT2D eigenvalue weighted by Crippen LogP contribution is 2.24. The Morgan fingerprint density at radius 2 is 2.30 bits per heavy atom. The second-order valence-electron chi connectivity index (χ2n) is 3.20. The van der Waals surface area contributed by atoms with E-state index in [-0.39, 0.29) is 0 Å². The zero-order valence-corrected chi connectivity index (χ0v) is 6.71. The molecular weight excluding hydrogens is 126 g/mol. The number of nitrogens with zero attached hydrogens (tertiary/aromatic N) is 1. The van der Waals surface area contributed by atoms with Crippen molar-refractivity contribution in [3.8, 4) is 0 Å². The van der Waals surface area contributed by atoms with Crippen molar-refractivity contribution in [3.05, 3.63) is 0 Å². The lowest BCUT2D eigenvalue weighted by molar-refractivity contribution is -0.124. The van der Waals surface area contributed by atoms with Crippen molar-refractivity contribution >= 4 is 6.41 Å². The Bertz CT molecular complexity index is 118. The number of carbonyl (C=O) groups is 1. The molecule has 0 bridgehead atoms. The maximum absolute atomic E-state index is 10.2. The summed E-state index contributed by atoms with van der Waals surface area (Å²) >= 11 is 0. The summed E-state index contributed by atoms with van der Waals surface area (Å²) in [6.45, 7) is 6.43. The van der Waals surface area contributed by atoms with Gasteiger partial charge >= 0.3 is 0 Å². The molecule has 1 atom stereocenters. The topological polar surface area (TPSA) is 20.3 Å².